The molecule has 38 heteroatoms. The number of benzene rings is 6. The molecule has 136 heavy (non-hydrogen) atoms. The van der Waals surface area contributed by atoms with Gasteiger partial charge in [-0.15, -0.1) is 11.8 Å². The number of rotatable bonds is 21. The van der Waals surface area contributed by atoms with Gasteiger partial charge in [0.15, 0.2) is 17.5 Å². The van der Waals surface area contributed by atoms with Crippen molar-refractivity contribution in [2.45, 2.75) is 203 Å². The van der Waals surface area contributed by atoms with Crippen molar-refractivity contribution < 1.29 is 100 Å². The molecular weight excluding hydrogens is 1780 g/mol. The van der Waals surface area contributed by atoms with Crippen molar-refractivity contribution in [2.75, 3.05) is 72.0 Å². The zero-order chi connectivity index (χ0) is 98.3. The number of phenolic OH excluding ortho intramolecular Hbond substituents is 2. The number of amides is 15. The third kappa shape index (κ3) is 27.0. The smallest absolute Gasteiger partial charge is 0.246 e. The number of nitrogens with two attached hydrogens (primary N) is 1. The molecule has 4 aliphatic rings. The number of morpholine rings is 1. The van der Waals surface area contributed by atoms with Gasteiger partial charge in [0.2, 0.25) is 88.6 Å². The van der Waals surface area contributed by atoms with Crippen LogP contribution in [0.1, 0.15) is 119 Å². The third-order valence-corrected chi connectivity index (χ3v) is 26.1. The zero-order valence-corrected chi connectivity index (χ0v) is 78.2. The number of fused-ring (bicyclic) bond motifs is 4. The maximum absolute atomic E-state index is 15.8. The van der Waals surface area contributed by atoms with E-state index in [0.29, 0.717) is 81.9 Å². The second kappa shape index (κ2) is 48.2. The Hall–Kier alpha value is -13.4. The number of aromatic amines is 1. The van der Waals surface area contributed by atoms with Crippen LogP contribution in [0, 0.1) is 29.3 Å². The normalized spacial score (nSPS) is 23.9. The van der Waals surface area contributed by atoms with Gasteiger partial charge in [0, 0.05) is 102 Å². The molecule has 0 saturated carbocycles. The first kappa shape index (κ1) is 103. The fourth-order valence-electron chi connectivity index (χ4n) is 17.6. The van der Waals surface area contributed by atoms with Crippen LogP contribution < -0.4 is 48.3 Å². The van der Waals surface area contributed by atoms with Crippen molar-refractivity contribution in [1.82, 2.24) is 76.9 Å². The van der Waals surface area contributed by atoms with E-state index in [1.54, 1.807) is 131 Å². The number of primary amides is 1. The molecule has 5 heterocycles. The molecule has 15 amide bonds. The monoisotopic (exact) mass is 1900 g/mol. The minimum atomic E-state index is -1.84. The minimum Gasteiger partial charge on any atom is -0.508 e. The van der Waals surface area contributed by atoms with Crippen molar-refractivity contribution >= 4 is 111 Å². The standard InChI is InChI=1S/C98H121F3N16O18S/c1-9-10-27-77-96(132)116-39-20-29-78(116)97(133)117-40-41-135-53-81(117)92(128)111-85(57(4)5)98(134)113(7)79(48-58-21-13-11-14-22-58)91(127)109-74(46-61-32-36-65(119)37-33-61)94(130)115-38-19-28-76(115)90(126)108-72(50-63-51-103-69-26-18-17-25-66(63)69)89(125)107-71(45-60-30-34-64(118)35-31-60)88(124)106-70(42-56(2)3)87(123)110-75(86(122)104-52-82(102)120)54-136-55-83(121)105-73(47-62-43-67(99)84(101)68(100)44-62)93(129)114(8)80(95(131)112(77)6)49-59-23-15-12-16-24-59/h11-18,21-26,30-37,43-44,51,56-57,70-81,85,103,118-119H,9-10,19-20,27-29,38-42,45-50,52-55H2,1-8H3,(H2,102,120)(H,104,122)(H,105,121)(H,106,124)(H,107,125)(H,108,126)(H,109,127)(H,110,123)(H,111,128)/t70-,71-,72-,73-,74-,75-,76+,77-,78+,79-,80-,81-,85-/m0/s1. The largest absolute Gasteiger partial charge is 0.508 e. The number of para-hydroxylation sites is 1. The number of thioether (sulfide) groups is 1. The molecule has 34 nitrogen and oxygen atoms in total. The van der Waals surface area contributed by atoms with Gasteiger partial charge in [-0.1, -0.05) is 151 Å². The van der Waals surface area contributed by atoms with E-state index in [1.807, 2.05) is 6.92 Å². The number of hydrogen-bond donors (Lipinski definition) is 12. The lowest BCUT2D eigenvalue weighted by atomic mass is 9.98. The molecule has 1 aromatic heterocycles. The number of likely N-dealkylation sites (N-methyl/N-ethyl adjacent to an activating group) is 3. The van der Waals surface area contributed by atoms with E-state index >= 15 is 66.3 Å². The second-order valence-corrected chi connectivity index (χ2v) is 36.8. The molecule has 4 fully saturated rings. The number of nitrogens with one attached hydrogen (secondary N) is 9. The molecule has 13 N–H and O–H groups in total. The van der Waals surface area contributed by atoms with E-state index in [-0.39, 0.29) is 114 Å². The molecule has 7 aromatic rings. The number of nitrogens with zero attached hydrogens (tertiary/aromatic N) is 6. The van der Waals surface area contributed by atoms with Gasteiger partial charge in [0.05, 0.1) is 25.5 Å². The van der Waals surface area contributed by atoms with Crippen molar-refractivity contribution in [1.29, 1.82) is 0 Å². The van der Waals surface area contributed by atoms with Gasteiger partial charge in [-0.25, -0.2) is 13.2 Å². The Balaban J connectivity index is 0.986. The number of aromatic hydroxyl groups is 2. The van der Waals surface area contributed by atoms with Crippen molar-refractivity contribution in [2.24, 2.45) is 17.6 Å². The van der Waals surface area contributed by atoms with Gasteiger partial charge in [0.25, 0.3) is 0 Å². The number of hydrogen-bond acceptors (Lipinski definition) is 19. The SMILES string of the molecule is CCCC[C@H]1C(=O)N2CCC[C@@H]2C(=O)N2CCOC[C@H]2C(=O)N[C@@H](C(C)C)C(=O)N(C)[C@@H](Cc2ccccc2)C(=O)N[C@@H](Cc2ccc(O)cc2)C(=O)N2CCC[C@@H]2C(=O)N[C@@H](Cc2c[nH]c3ccccc23)C(=O)N[C@@H](Cc2ccc(O)cc2)C(=O)N[C@@H](CC(C)C)C(=O)N[C@H](C(=O)NCC(N)=O)CSCC(=O)N[C@@H](Cc2cc(F)c(F)c(F)c2)C(=O)N(C)[C@@H](Cc2ccccc2)C(=O)N1C. The number of unbranched alkanes of at least 4 members (excludes halogenated alkanes) is 1. The van der Waals surface area contributed by atoms with Gasteiger partial charge >= 0.3 is 0 Å². The second-order valence-electron chi connectivity index (χ2n) is 35.8. The highest BCUT2D eigenvalue weighted by atomic mass is 32.2. The van der Waals surface area contributed by atoms with Crippen molar-refractivity contribution in [3.63, 3.8) is 0 Å². The highest BCUT2D eigenvalue weighted by molar-refractivity contribution is 8.00. The van der Waals surface area contributed by atoms with Crippen LogP contribution in [0.25, 0.3) is 10.9 Å². The number of halogens is 3. The molecule has 0 radical (unpaired) electrons. The number of aromatic nitrogens is 1. The van der Waals surface area contributed by atoms with Gasteiger partial charge in [-0.3, -0.25) is 71.9 Å². The Morgan fingerprint density at radius 1 is 0.500 bits per heavy atom. The zero-order valence-electron chi connectivity index (χ0n) is 77.4. The van der Waals surface area contributed by atoms with Gasteiger partial charge in [-0.2, -0.15) is 0 Å². The van der Waals surface area contributed by atoms with Crippen LogP contribution in [0.15, 0.2) is 152 Å². The van der Waals surface area contributed by atoms with Crippen LogP contribution in [-0.2, 0) is 115 Å². The predicted octanol–water partition coefficient (Wildman–Crippen LogP) is 4.08. The first-order chi connectivity index (χ1) is 65.0. The van der Waals surface area contributed by atoms with E-state index in [9.17, 15) is 29.0 Å². The Labute approximate surface area is 791 Å². The minimum absolute atomic E-state index is 0.0171. The summed E-state index contributed by atoms with van der Waals surface area (Å²) in [6.07, 6.45) is 1.11. The third-order valence-electron chi connectivity index (χ3n) is 25.1. The number of carbonyl (C=O) groups is 15. The molecule has 0 aliphatic carbocycles. The van der Waals surface area contributed by atoms with Crippen LogP contribution in [0.2, 0.25) is 0 Å². The summed E-state index contributed by atoms with van der Waals surface area (Å²) in [5, 5.41) is 43.4. The lowest BCUT2D eigenvalue weighted by molar-refractivity contribution is -0.158. The molecule has 4 aliphatic heterocycles. The average Bonchev–Trinajstić information content (AvgIpc) is 1.54. The summed E-state index contributed by atoms with van der Waals surface area (Å²) in [5.74, 6) is -20.8. The number of ether oxygens (including phenoxy) is 1. The highest BCUT2D eigenvalue weighted by Gasteiger charge is 2.48. The van der Waals surface area contributed by atoms with Crippen molar-refractivity contribution in [3.05, 3.63) is 203 Å². The number of phenols is 2. The van der Waals surface area contributed by atoms with Gasteiger partial charge in [-0.05, 0) is 126 Å². The van der Waals surface area contributed by atoms with Gasteiger partial charge < -0.3 is 97.6 Å². The maximum atomic E-state index is 15.8. The molecule has 0 unspecified atom stereocenters. The summed E-state index contributed by atoms with van der Waals surface area (Å²) in [6.45, 7) is 7.28. The van der Waals surface area contributed by atoms with Crippen LogP contribution in [-0.4, -0.2) is 284 Å². The Bertz CT molecular complexity index is 5430. The number of H-pyrrole nitrogens is 1. The van der Waals surface area contributed by atoms with Crippen LogP contribution >= 0.6 is 11.8 Å². The molecule has 4 saturated heterocycles. The van der Waals surface area contributed by atoms with E-state index in [0.717, 1.165) is 9.80 Å². The van der Waals surface area contributed by atoms with Crippen LogP contribution in [0.4, 0.5) is 13.2 Å². The fraction of sp³-hybridized carbons (Fsp3) is 0.459. The summed E-state index contributed by atoms with van der Waals surface area (Å²) in [6, 6.07) is 17.4. The summed E-state index contributed by atoms with van der Waals surface area (Å²) in [7, 11) is 3.97. The summed E-state index contributed by atoms with van der Waals surface area (Å²) >= 11 is 0.700. The van der Waals surface area contributed by atoms with E-state index < -0.39 is 221 Å². The molecule has 13 atom stereocenters. The van der Waals surface area contributed by atoms with Gasteiger partial charge in [0.1, 0.15) is 90.0 Å². The van der Waals surface area contributed by atoms with Crippen LogP contribution in [0.3, 0.4) is 0 Å². The summed E-state index contributed by atoms with van der Waals surface area (Å²) < 4.78 is 51.1. The summed E-state index contributed by atoms with van der Waals surface area (Å²) in [5.41, 5.74) is 8.21. The quantitative estimate of drug-likeness (QED) is 0.0451. The Morgan fingerprint density at radius 3 is 1.60 bits per heavy atom. The molecular formula is C98H121F3N16O18S. The lowest BCUT2D eigenvalue weighted by Crippen LogP contribution is -2.64. The lowest BCUT2D eigenvalue weighted by Gasteiger charge is -2.40. The predicted molar refractivity (Wildman–Crippen MR) is 498 cm³/mol. The summed E-state index contributed by atoms with van der Waals surface area (Å²) in [4.78, 5) is 238. The Morgan fingerprint density at radius 2 is 1.00 bits per heavy atom. The highest BCUT2D eigenvalue weighted by Crippen LogP contribution is 2.30. The van der Waals surface area contributed by atoms with E-state index in [1.165, 1.54) is 77.1 Å². The molecule has 0 bridgehead atoms. The molecule has 728 valence electrons. The van der Waals surface area contributed by atoms with Crippen LogP contribution in [0.5, 0.6) is 11.5 Å². The van der Waals surface area contributed by atoms with E-state index in [2.05, 4.69) is 47.5 Å². The topological polar surface area (TPSA) is 463 Å². The Kier molecular flexibility index (Phi) is 36.5. The molecule has 11 rings (SSSR count). The average molecular weight is 1900 g/mol. The number of carbonyl (C=O) groups excluding carboxylic acids is 15. The first-order valence-corrected chi connectivity index (χ1v) is 47.0. The van der Waals surface area contributed by atoms with Crippen molar-refractivity contribution in [3.8, 4) is 11.5 Å². The van der Waals surface area contributed by atoms with E-state index in [4.69, 9.17) is 10.5 Å². The first-order valence-electron chi connectivity index (χ1n) is 45.8. The molecule has 6 aromatic carbocycles. The fourth-order valence-corrected chi connectivity index (χ4v) is 18.5. The molecule has 0 spiro atoms. The maximum Gasteiger partial charge on any atom is 0.246 e.